The zero-order valence-electron chi connectivity index (χ0n) is 19.0. The van der Waals surface area contributed by atoms with Crippen LogP contribution in [0.2, 0.25) is 0 Å². The molecule has 1 aromatic rings. The van der Waals surface area contributed by atoms with Crippen LogP contribution in [0.15, 0.2) is 29.3 Å². The van der Waals surface area contributed by atoms with Gasteiger partial charge in [0, 0.05) is 39.8 Å². The summed E-state index contributed by atoms with van der Waals surface area (Å²) in [5.41, 5.74) is 2.58. The Morgan fingerprint density at radius 3 is 2.42 bits per heavy atom. The highest BCUT2D eigenvalue weighted by Crippen LogP contribution is 2.23. The van der Waals surface area contributed by atoms with Crippen LogP contribution in [0.3, 0.4) is 0 Å². The van der Waals surface area contributed by atoms with Crippen molar-refractivity contribution < 1.29 is 14.3 Å². The number of benzene rings is 1. The number of hydrogen-bond acceptors (Lipinski definition) is 5. The van der Waals surface area contributed by atoms with Crippen molar-refractivity contribution in [3.8, 4) is 0 Å². The summed E-state index contributed by atoms with van der Waals surface area (Å²) >= 11 is 0. The van der Waals surface area contributed by atoms with Gasteiger partial charge >= 0.3 is 5.97 Å². The van der Waals surface area contributed by atoms with Crippen LogP contribution in [-0.2, 0) is 14.3 Å². The molecule has 174 valence electrons. The van der Waals surface area contributed by atoms with E-state index in [1.54, 1.807) is 0 Å². The van der Waals surface area contributed by atoms with Crippen molar-refractivity contribution in [2.24, 2.45) is 10.9 Å². The summed E-state index contributed by atoms with van der Waals surface area (Å²) in [5.74, 6) is 0.850. The Bertz CT molecular complexity index is 699. The molecule has 1 atom stereocenters. The van der Waals surface area contributed by atoms with Crippen molar-refractivity contribution in [3.63, 3.8) is 0 Å². The van der Waals surface area contributed by atoms with E-state index in [0.29, 0.717) is 6.61 Å². The smallest absolute Gasteiger partial charge is 0.309 e. The number of halogens is 1. The van der Waals surface area contributed by atoms with Gasteiger partial charge in [-0.15, -0.1) is 24.0 Å². The number of piperidine rings is 1. The number of ether oxygens (including phenoxy) is 2. The number of hydrogen-bond donors (Lipinski definition) is 1. The minimum Gasteiger partial charge on any atom is -0.466 e. The normalized spacial score (nSPS) is 19.5. The van der Waals surface area contributed by atoms with Gasteiger partial charge in [-0.2, -0.15) is 0 Å². The average molecular weight is 544 g/mol. The highest BCUT2D eigenvalue weighted by molar-refractivity contribution is 14.0. The maximum absolute atomic E-state index is 12.0. The van der Waals surface area contributed by atoms with Gasteiger partial charge in [-0.05, 0) is 32.3 Å². The molecule has 0 aliphatic carbocycles. The van der Waals surface area contributed by atoms with Crippen LogP contribution in [0, 0.1) is 12.8 Å². The van der Waals surface area contributed by atoms with Crippen LogP contribution in [0.1, 0.15) is 36.9 Å². The third-order valence-electron chi connectivity index (χ3n) is 6.03. The summed E-state index contributed by atoms with van der Waals surface area (Å²) < 4.78 is 10.7. The summed E-state index contributed by atoms with van der Waals surface area (Å²) in [5, 5.41) is 3.60. The van der Waals surface area contributed by atoms with E-state index in [1.165, 1.54) is 11.1 Å². The van der Waals surface area contributed by atoms with E-state index in [0.717, 1.165) is 64.7 Å². The molecule has 2 aliphatic rings. The van der Waals surface area contributed by atoms with Gasteiger partial charge in [0.25, 0.3) is 0 Å². The first-order valence-electron chi connectivity index (χ1n) is 11.1. The highest BCUT2D eigenvalue weighted by atomic mass is 127. The molecule has 0 radical (unpaired) electrons. The molecule has 0 bridgehead atoms. The third-order valence-corrected chi connectivity index (χ3v) is 6.03. The van der Waals surface area contributed by atoms with Crippen molar-refractivity contribution in [3.05, 3.63) is 35.4 Å². The Balaban J connectivity index is 0.00000341. The van der Waals surface area contributed by atoms with E-state index in [-0.39, 0.29) is 41.9 Å². The van der Waals surface area contributed by atoms with E-state index in [1.807, 2.05) is 14.0 Å². The van der Waals surface area contributed by atoms with Gasteiger partial charge in [-0.25, -0.2) is 0 Å². The largest absolute Gasteiger partial charge is 0.466 e. The lowest BCUT2D eigenvalue weighted by molar-refractivity contribution is -0.149. The number of guanidine groups is 1. The monoisotopic (exact) mass is 544 g/mol. The number of nitrogens with zero attached hydrogens (tertiary/aromatic N) is 3. The first-order valence-corrected chi connectivity index (χ1v) is 11.1. The van der Waals surface area contributed by atoms with Gasteiger partial charge in [-0.3, -0.25) is 14.7 Å². The number of rotatable bonds is 6. The number of carbonyl (C=O) groups excluding carboxylic acids is 1. The molecule has 0 amide bonds. The maximum Gasteiger partial charge on any atom is 0.309 e. The highest BCUT2D eigenvalue weighted by Gasteiger charge is 2.28. The third kappa shape index (κ3) is 7.32. The maximum atomic E-state index is 12.0. The Hall–Kier alpha value is -1.39. The van der Waals surface area contributed by atoms with Crippen LogP contribution >= 0.6 is 24.0 Å². The molecule has 2 fully saturated rings. The van der Waals surface area contributed by atoms with Crippen LogP contribution in [0.25, 0.3) is 0 Å². The van der Waals surface area contributed by atoms with E-state index in [2.05, 4.69) is 51.3 Å². The zero-order valence-corrected chi connectivity index (χ0v) is 21.3. The molecule has 8 heteroatoms. The van der Waals surface area contributed by atoms with E-state index in [4.69, 9.17) is 9.47 Å². The Labute approximate surface area is 203 Å². The standard InChI is InChI=1S/C23H36N4O3.HI/c1-4-30-22(28)20-9-11-27(12-10-20)23(24-3)25-17-21(26-13-15-29-16-14-26)19-7-5-18(2)6-8-19;/h5-8,20-21H,4,9-17H2,1-3H3,(H,24,25);1H. The topological polar surface area (TPSA) is 66.4 Å². The first-order chi connectivity index (χ1) is 14.6. The van der Waals surface area contributed by atoms with Gasteiger partial charge in [0.2, 0.25) is 0 Å². The van der Waals surface area contributed by atoms with Gasteiger partial charge in [0.1, 0.15) is 0 Å². The molecule has 7 nitrogen and oxygen atoms in total. The molecular formula is C23H37IN4O3. The van der Waals surface area contributed by atoms with E-state index >= 15 is 0 Å². The van der Waals surface area contributed by atoms with Crippen molar-refractivity contribution in [1.82, 2.24) is 15.1 Å². The van der Waals surface area contributed by atoms with E-state index < -0.39 is 0 Å². The van der Waals surface area contributed by atoms with Crippen molar-refractivity contribution in [1.29, 1.82) is 0 Å². The fraction of sp³-hybridized carbons (Fsp3) is 0.652. The van der Waals surface area contributed by atoms with Crippen LogP contribution in [-0.4, -0.2) is 81.3 Å². The van der Waals surface area contributed by atoms with Crippen LogP contribution in [0.4, 0.5) is 0 Å². The molecule has 1 unspecified atom stereocenters. The van der Waals surface area contributed by atoms with Crippen molar-refractivity contribution in [2.75, 3.05) is 59.6 Å². The Morgan fingerprint density at radius 1 is 1.19 bits per heavy atom. The minimum atomic E-state index is -0.0631. The molecule has 2 saturated heterocycles. The lowest BCUT2D eigenvalue weighted by Crippen LogP contribution is -2.50. The zero-order chi connectivity index (χ0) is 21.3. The van der Waals surface area contributed by atoms with Crippen molar-refractivity contribution >= 4 is 35.9 Å². The molecule has 0 saturated carbocycles. The van der Waals surface area contributed by atoms with Gasteiger partial charge in [0.05, 0.1) is 31.8 Å². The van der Waals surface area contributed by atoms with Gasteiger partial charge in [0.15, 0.2) is 5.96 Å². The second-order valence-electron chi connectivity index (χ2n) is 8.02. The number of aryl methyl sites for hydroxylation is 1. The fourth-order valence-corrected chi connectivity index (χ4v) is 4.24. The summed E-state index contributed by atoms with van der Waals surface area (Å²) in [6.07, 6.45) is 1.62. The number of carbonyl (C=O) groups is 1. The van der Waals surface area contributed by atoms with Crippen molar-refractivity contribution in [2.45, 2.75) is 32.7 Å². The summed E-state index contributed by atoms with van der Waals surface area (Å²) in [7, 11) is 1.83. The lowest BCUT2D eigenvalue weighted by atomic mass is 9.97. The van der Waals surface area contributed by atoms with E-state index in [9.17, 15) is 4.79 Å². The van der Waals surface area contributed by atoms with Crippen LogP contribution in [0.5, 0.6) is 0 Å². The number of esters is 1. The Kier molecular flexibility index (Phi) is 11.0. The Morgan fingerprint density at radius 2 is 1.84 bits per heavy atom. The average Bonchev–Trinajstić information content (AvgIpc) is 2.79. The predicted molar refractivity (Wildman–Crippen MR) is 134 cm³/mol. The lowest BCUT2D eigenvalue weighted by Gasteiger charge is -2.37. The second-order valence-corrected chi connectivity index (χ2v) is 8.02. The fourth-order valence-electron chi connectivity index (χ4n) is 4.24. The molecule has 2 aliphatic heterocycles. The molecule has 1 aromatic carbocycles. The molecule has 2 heterocycles. The second kappa shape index (κ2) is 13.2. The number of likely N-dealkylation sites (tertiary alicyclic amines) is 1. The summed E-state index contributed by atoms with van der Waals surface area (Å²) in [6.45, 7) is 10.3. The summed E-state index contributed by atoms with van der Waals surface area (Å²) in [6, 6.07) is 9.08. The molecule has 3 rings (SSSR count). The predicted octanol–water partition coefficient (Wildman–Crippen LogP) is 2.84. The number of aliphatic imine (C=N–C) groups is 1. The first kappa shape index (κ1) is 25.9. The molecule has 31 heavy (non-hydrogen) atoms. The summed E-state index contributed by atoms with van der Waals surface area (Å²) in [4.78, 5) is 21.3. The van der Waals surface area contributed by atoms with Crippen LogP contribution < -0.4 is 5.32 Å². The minimum absolute atomic E-state index is 0. The van der Waals surface area contributed by atoms with Gasteiger partial charge in [-0.1, -0.05) is 29.8 Å². The molecular weight excluding hydrogens is 507 g/mol. The quantitative estimate of drug-likeness (QED) is 0.257. The molecule has 1 N–H and O–H groups in total. The SMILES string of the molecule is CCOC(=O)C1CCN(C(=NC)NCC(c2ccc(C)cc2)N2CCOCC2)CC1.I. The molecule has 0 spiro atoms. The number of nitrogens with one attached hydrogen (secondary N) is 1. The molecule has 0 aromatic heterocycles. The van der Waals surface area contributed by atoms with Gasteiger partial charge < -0.3 is 19.7 Å². The number of morpholine rings is 1.